The second kappa shape index (κ2) is 5.99. The molecule has 1 saturated carbocycles. The van der Waals surface area contributed by atoms with Crippen LogP contribution in [0.2, 0.25) is 0 Å². The number of rotatable bonds is 4. The van der Waals surface area contributed by atoms with Crippen molar-refractivity contribution in [3.8, 4) is 0 Å². The second-order valence-electron chi connectivity index (χ2n) is 5.69. The van der Waals surface area contributed by atoms with Gasteiger partial charge in [-0.15, -0.1) is 0 Å². The van der Waals surface area contributed by atoms with E-state index in [-0.39, 0.29) is 11.9 Å². The van der Waals surface area contributed by atoms with Crippen LogP contribution in [0.4, 0.5) is 5.82 Å². The number of nitrogens with zero attached hydrogens (tertiary/aromatic N) is 2. The molecular weight excluding hydrogens is 270 g/mol. The SMILES string of the molecule is CC(O)c1ccnc(N2CCOCC2C(=O)NC2CC2)c1. The summed E-state index contributed by atoms with van der Waals surface area (Å²) in [6, 6.07) is 3.61. The van der Waals surface area contributed by atoms with Crippen LogP contribution in [-0.2, 0) is 9.53 Å². The molecule has 0 radical (unpaired) electrons. The number of morpholine rings is 1. The third kappa shape index (κ3) is 3.33. The molecule has 0 spiro atoms. The number of carbonyl (C=O) groups excluding carboxylic acids is 1. The monoisotopic (exact) mass is 291 g/mol. The highest BCUT2D eigenvalue weighted by molar-refractivity contribution is 5.85. The van der Waals surface area contributed by atoms with Crippen LogP contribution in [0.15, 0.2) is 18.3 Å². The molecule has 2 heterocycles. The normalized spacial score (nSPS) is 23.7. The summed E-state index contributed by atoms with van der Waals surface area (Å²) in [5.41, 5.74) is 0.799. The summed E-state index contributed by atoms with van der Waals surface area (Å²) in [4.78, 5) is 18.7. The van der Waals surface area contributed by atoms with Crippen LogP contribution in [0.3, 0.4) is 0 Å². The van der Waals surface area contributed by atoms with Gasteiger partial charge in [-0.2, -0.15) is 0 Å². The van der Waals surface area contributed by atoms with Gasteiger partial charge in [0.15, 0.2) is 0 Å². The van der Waals surface area contributed by atoms with Crippen molar-refractivity contribution < 1.29 is 14.6 Å². The van der Waals surface area contributed by atoms with Gasteiger partial charge >= 0.3 is 0 Å². The minimum absolute atomic E-state index is 0.00134. The van der Waals surface area contributed by atoms with Gasteiger partial charge in [0, 0.05) is 18.8 Å². The highest BCUT2D eigenvalue weighted by Crippen LogP contribution is 2.23. The Morgan fingerprint density at radius 2 is 2.38 bits per heavy atom. The predicted octanol–water partition coefficient (Wildman–Crippen LogP) is 0.619. The Hall–Kier alpha value is -1.66. The Bertz CT molecular complexity index is 517. The number of nitrogens with one attached hydrogen (secondary N) is 1. The topological polar surface area (TPSA) is 74.7 Å². The van der Waals surface area contributed by atoms with E-state index in [2.05, 4.69) is 10.3 Å². The smallest absolute Gasteiger partial charge is 0.245 e. The van der Waals surface area contributed by atoms with Crippen molar-refractivity contribution >= 4 is 11.7 Å². The van der Waals surface area contributed by atoms with Gasteiger partial charge in [-0.3, -0.25) is 4.79 Å². The third-order valence-electron chi connectivity index (χ3n) is 3.90. The van der Waals surface area contributed by atoms with Crippen LogP contribution in [0, 0.1) is 0 Å². The molecule has 1 saturated heterocycles. The largest absolute Gasteiger partial charge is 0.389 e. The summed E-state index contributed by atoms with van der Waals surface area (Å²) in [7, 11) is 0. The standard InChI is InChI=1S/C15H21N3O3/c1-10(19)11-4-5-16-14(8-11)18-6-7-21-9-13(18)15(20)17-12-2-3-12/h4-5,8,10,12-13,19H,2-3,6-7,9H2,1H3,(H,17,20). The van der Waals surface area contributed by atoms with Crippen molar-refractivity contribution in [3.63, 3.8) is 0 Å². The number of pyridine rings is 1. The number of anilines is 1. The van der Waals surface area contributed by atoms with Crippen LogP contribution in [0.25, 0.3) is 0 Å². The van der Waals surface area contributed by atoms with E-state index in [9.17, 15) is 9.90 Å². The lowest BCUT2D eigenvalue weighted by Crippen LogP contribution is -2.54. The first-order chi connectivity index (χ1) is 10.1. The molecule has 3 rings (SSSR count). The summed E-state index contributed by atoms with van der Waals surface area (Å²) >= 11 is 0. The Labute approximate surface area is 124 Å². The Balaban J connectivity index is 1.79. The highest BCUT2D eigenvalue weighted by atomic mass is 16.5. The Kier molecular flexibility index (Phi) is 4.07. The van der Waals surface area contributed by atoms with Crippen molar-refractivity contribution in [2.75, 3.05) is 24.7 Å². The van der Waals surface area contributed by atoms with Crippen molar-refractivity contribution in [2.45, 2.75) is 38.0 Å². The average molecular weight is 291 g/mol. The minimum Gasteiger partial charge on any atom is -0.389 e. The summed E-state index contributed by atoms with van der Waals surface area (Å²) in [5, 5.41) is 12.7. The molecule has 2 fully saturated rings. The Morgan fingerprint density at radius 3 is 3.10 bits per heavy atom. The first-order valence-corrected chi connectivity index (χ1v) is 7.44. The van der Waals surface area contributed by atoms with Crippen molar-refractivity contribution in [1.82, 2.24) is 10.3 Å². The lowest BCUT2D eigenvalue weighted by molar-refractivity contribution is -0.124. The van der Waals surface area contributed by atoms with Crippen LogP contribution in [0.1, 0.15) is 31.4 Å². The van der Waals surface area contributed by atoms with Crippen LogP contribution in [0.5, 0.6) is 0 Å². The first kappa shape index (κ1) is 14.3. The molecule has 1 aromatic heterocycles. The van der Waals surface area contributed by atoms with Gasteiger partial charge in [-0.1, -0.05) is 0 Å². The molecule has 1 aliphatic carbocycles. The maximum Gasteiger partial charge on any atom is 0.245 e. The van der Waals surface area contributed by atoms with Gasteiger partial charge in [0.05, 0.1) is 19.3 Å². The second-order valence-corrected chi connectivity index (χ2v) is 5.69. The van der Waals surface area contributed by atoms with Crippen molar-refractivity contribution in [1.29, 1.82) is 0 Å². The molecule has 21 heavy (non-hydrogen) atoms. The van der Waals surface area contributed by atoms with E-state index in [0.717, 1.165) is 18.4 Å². The maximum atomic E-state index is 12.3. The van der Waals surface area contributed by atoms with Crippen molar-refractivity contribution in [2.24, 2.45) is 0 Å². The van der Waals surface area contributed by atoms with Gasteiger partial charge < -0.3 is 20.1 Å². The lowest BCUT2D eigenvalue weighted by Gasteiger charge is -2.35. The quantitative estimate of drug-likeness (QED) is 0.850. The van der Waals surface area contributed by atoms with Gasteiger partial charge in [-0.25, -0.2) is 4.98 Å². The van der Waals surface area contributed by atoms with Gasteiger partial charge in [0.25, 0.3) is 0 Å². The van der Waals surface area contributed by atoms with E-state index in [1.807, 2.05) is 11.0 Å². The van der Waals surface area contributed by atoms with E-state index < -0.39 is 6.10 Å². The molecule has 6 heteroatoms. The summed E-state index contributed by atoms with van der Waals surface area (Å²) in [6.07, 6.45) is 3.25. The van der Waals surface area contributed by atoms with Crippen LogP contribution in [-0.4, -0.2) is 47.8 Å². The number of hydrogen-bond donors (Lipinski definition) is 2. The summed E-state index contributed by atoms with van der Waals surface area (Å²) in [5.74, 6) is 0.717. The fourth-order valence-electron chi connectivity index (χ4n) is 2.47. The number of aliphatic hydroxyl groups excluding tert-OH is 1. The zero-order valence-electron chi connectivity index (χ0n) is 12.2. The first-order valence-electron chi connectivity index (χ1n) is 7.44. The molecule has 1 aliphatic heterocycles. The zero-order valence-corrected chi connectivity index (χ0v) is 12.2. The molecule has 0 aromatic carbocycles. The average Bonchev–Trinajstić information content (AvgIpc) is 3.31. The van der Waals surface area contributed by atoms with Gasteiger partial charge in [0.1, 0.15) is 11.9 Å². The minimum atomic E-state index is -0.550. The van der Waals surface area contributed by atoms with Crippen molar-refractivity contribution in [3.05, 3.63) is 23.9 Å². The molecule has 2 atom stereocenters. The Morgan fingerprint density at radius 1 is 1.57 bits per heavy atom. The number of ether oxygens (including phenoxy) is 1. The van der Waals surface area contributed by atoms with Gasteiger partial charge in [-0.05, 0) is 37.5 Å². The molecular formula is C15H21N3O3. The summed E-state index contributed by atoms with van der Waals surface area (Å²) < 4.78 is 5.45. The van der Waals surface area contributed by atoms with E-state index in [0.29, 0.717) is 31.6 Å². The molecule has 2 unspecified atom stereocenters. The van der Waals surface area contributed by atoms with E-state index in [1.165, 1.54) is 0 Å². The van der Waals surface area contributed by atoms with Crippen LogP contribution < -0.4 is 10.2 Å². The number of aromatic nitrogens is 1. The third-order valence-corrected chi connectivity index (χ3v) is 3.90. The fraction of sp³-hybridized carbons (Fsp3) is 0.600. The molecule has 0 bridgehead atoms. The number of hydrogen-bond acceptors (Lipinski definition) is 5. The summed E-state index contributed by atoms with van der Waals surface area (Å²) in [6.45, 7) is 3.29. The molecule has 1 amide bonds. The zero-order chi connectivity index (χ0) is 14.8. The molecule has 2 N–H and O–H groups in total. The highest BCUT2D eigenvalue weighted by Gasteiger charge is 2.33. The molecule has 2 aliphatic rings. The predicted molar refractivity (Wildman–Crippen MR) is 78.0 cm³/mol. The number of amides is 1. The van der Waals surface area contributed by atoms with Gasteiger partial charge in [0.2, 0.25) is 5.91 Å². The number of aliphatic hydroxyl groups is 1. The molecule has 114 valence electrons. The lowest BCUT2D eigenvalue weighted by atomic mass is 10.1. The van der Waals surface area contributed by atoms with E-state index in [1.54, 1.807) is 19.2 Å². The maximum absolute atomic E-state index is 12.3. The number of carbonyl (C=O) groups is 1. The van der Waals surface area contributed by atoms with E-state index >= 15 is 0 Å². The fourth-order valence-corrected chi connectivity index (χ4v) is 2.47. The molecule has 1 aromatic rings. The molecule has 6 nitrogen and oxygen atoms in total. The van der Waals surface area contributed by atoms with Crippen LogP contribution >= 0.6 is 0 Å². The van der Waals surface area contributed by atoms with E-state index in [4.69, 9.17) is 4.74 Å².